The first kappa shape index (κ1) is 15.4. The van der Waals surface area contributed by atoms with E-state index in [0.717, 1.165) is 31.0 Å². The van der Waals surface area contributed by atoms with E-state index in [4.69, 9.17) is 0 Å². The van der Waals surface area contributed by atoms with Crippen molar-refractivity contribution in [3.63, 3.8) is 0 Å². The number of anilines is 1. The molecule has 23 heavy (non-hydrogen) atoms. The molecule has 0 aromatic heterocycles. The number of hydrogen-bond donors (Lipinski definition) is 1. The van der Waals surface area contributed by atoms with Gasteiger partial charge in [0.25, 0.3) is 5.69 Å². The highest BCUT2D eigenvalue weighted by Gasteiger charge is 2.37. The number of likely N-dealkylation sites (tertiary alicyclic amines) is 1. The maximum absolute atomic E-state index is 13.7. The summed E-state index contributed by atoms with van der Waals surface area (Å²) in [7, 11) is 0. The van der Waals surface area contributed by atoms with Crippen LogP contribution < -0.4 is 5.32 Å². The van der Waals surface area contributed by atoms with Gasteiger partial charge in [0, 0.05) is 31.6 Å². The second kappa shape index (κ2) is 5.94. The lowest BCUT2D eigenvalue weighted by atomic mass is 10.1. The van der Waals surface area contributed by atoms with Gasteiger partial charge in [0.1, 0.15) is 5.82 Å². The number of carbonyl (C=O) groups excluding carboxylic acids is 2. The molecule has 1 aliphatic heterocycles. The largest absolute Gasteiger partial charge is 0.342 e. The molecule has 0 radical (unpaired) electrons. The predicted molar refractivity (Wildman–Crippen MR) is 79.1 cm³/mol. The van der Waals surface area contributed by atoms with Crippen molar-refractivity contribution >= 4 is 23.2 Å². The molecule has 0 unspecified atom stereocenters. The zero-order valence-electron chi connectivity index (χ0n) is 12.3. The highest BCUT2D eigenvalue weighted by Crippen LogP contribution is 2.32. The minimum atomic E-state index is -0.747. The van der Waals surface area contributed by atoms with Crippen LogP contribution in [0.5, 0.6) is 0 Å². The first-order valence-corrected chi connectivity index (χ1v) is 7.46. The molecule has 1 aromatic rings. The molecule has 8 heteroatoms. The van der Waals surface area contributed by atoms with Crippen molar-refractivity contribution in [2.24, 2.45) is 11.8 Å². The van der Waals surface area contributed by atoms with E-state index >= 15 is 0 Å². The van der Waals surface area contributed by atoms with Crippen LogP contribution in [0.4, 0.5) is 15.8 Å². The number of amides is 2. The first-order chi connectivity index (χ1) is 10.9. The minimum Gasteiger partial charge on any atom is -0.342 e. The van der Waals surface area contributed by atoms with E-state index in [1.165, 1.54) is 0 Å². The topological polar surface area (TPSA) is 92.5 Å². The van der Waals surface area contributed by atoms with E-state index < -0.39 is 22.6 Å². The van der Waals surface area contributed by atoms with Crippen LogP contribution in [0, 0.1) is 27.8 Å². The SMILES string of the molecule is O=C(Nc1cc([N+](=O)[O-])ccc1F)[C@@H]1CC(=O)N(CC2CC2)C1. The highest BCUT2D eigenvalue weighted by atomic mass is 19.1. The van der Waals surface area contributed by atoms with Crippen LogP contribution >= 0.6 is 0 Å². The molecular weight excluding hydrogens is 305 g/mol. The Morgan fingerprint density at radius 3 is 2.83 bits per heavy atom. The van der Waals surface area contributed by atoms with Gasteiger partial charge in [-0.05, 0) is 24.8 Å². The van der Waals surface area contributed by atoms with E-state index in [2.05, 4.69) is 5.32 Å². The van der Waals surface area contributed by atoms with Gasteiger partial charge >= 0.3 is 0 Å². The molecule has 1 saturated carbocycles. The maximum Gasteiger partial charge on any atom is 0.271 e. The lowest BCUT2D eigenvalue weighted by Crippen LogP contribution is -2.30. The number of nitrogens with one attached hydrogen (secondary N) is 1. The molecule has 3 rings (SSSR count). The fraction of sp³-hybridized carbons (Fsp3) is 0.467. The Bertz CT molecular complexity index is 675. The van der Waals surface area contributed by atoms with Crippen LogP contribution in [0.2, 0.25) is 0 Å². The van der Waals surface area contributed by atoms with E-state index in [9.17, 15) is 24.1 Å². The molecule has 122 valence electrons. The van der Waals surface area contributed by atoms with Gasteiger partial charge in [0.05, 0.1) is 16.5 Å². The quantitative estimate of drug-likeness (QED) is 0.662. The number of non-ortho nitro benzene ring substituents is 1. The monoisotopic (exact) mass is 321 g/mol. The smallest absolute Gasteiger partial charge is 0.271 e. The van der Waals surface area contributed by atoms with Gasteiger partial charge in [-0.3, -0.25) is 19.7 Å². The predicted octanol–water partition coefficient (Wildman–Crippen LogP) is 1.93. The summed E-state index contributed by atoms with van der Waals surface area (Å²) in [6.45, 7) is 0.992. The van der Waals surface area contributed by atoms with Crippen LogP contribution in [0.1, 0.15) is 19.3 Å². The molecule has 1 saturated heterocycles. The van der Waals surface area contributed by atoms with Crippen LogP contribution in [-0.2, 0) is 9.59 Å². The van der Waals surface area contributed by atoms with Crippen molar-refractivity contribution in [1.82, 2.24) is 4.90 Å². The fourth-order valence-corrected chi connectivity index (χ4v) is 2.69. The third-order valence-corrected chi connectivity index (χ3v) is 4.18. The molecule has 0 spiro atoms. The summed E-state index contributed by atoms with van der Waals surface area (Å²) >= 11 is 0. The number of nitro groups is 1. The van der Waals surface area contributed by atoms with Gasteiger partial charge in [-0.1, -0.05) is 0 Å². The summed E-state index contributed by atoms with van der Waals surface area (Å²) < 4.78 is 13.7. The number of hydrogen-bond acceptors (Lipinski definition) is 4. The lowest BCUT2D eigenvalue weighted by Gasteiger charge is -2.16. The van der Waals surface area contributed by atoms with Gasteiger partial charge in [0.15, 0.2) is 0 Å². The molecule has 1 N–H and O–H groups in total. The van der Waals surface area contributed by atoms with Gasteiger partial charge in [-0.25, -0.2) is 4.39 Å². The Labute approximate surface area is 131 Å². The van der Waals surface area contributed by atoms with E-state index in [1.807, 2.05) is 0 Å². The number of nitrogens with zero attached hydrogens (tertiary/aromatic N) is 2. The Kier molecular flexibility index (Phi) is 3.97. The molecule has 1 heterocycles. The summed E-state index contributed by atoms with van der Waals surface area (Å²) in [5, 5.41) is 13.1. The summed E-state index contributed by atoms with van der Waals surface area (Å²) in [5.74, 6) is -1.33. The van der Waals surface area contributed by atoms with Crippen LogP contribution in [0.15, 0.2) is 18.2 Å². The Balaban J connectivity index is 1.66. The van der Waals surface area contributed by atoms with E-state index in [0.29, 0.717) is 19.0 Å². The summed E-state index contributed by atoms with van der Waals surface area (Å²) in [6, 6.07) is 2.94. The Morgan fingerprint density at radius 1 is 1.43 bits per heavy atom. The van der Waals surface area contributed by atoms with Crippen molar-refractivity contribution in [2.75, 3.05) is 18.4 Å². The number of nitro benzene ring substituents is 1. The second-order valence-electron chi connectivity index (χ2n) is 6.05. The van der Waals surface area contributed by atoms with Crippen LogP contribution in [-0.4, -0.2) is 34.7 Å². The van der Waals surface area contributed by atoms with Crippen molar-refractivity contribution in [1.29, 1.82) is 0 Å². The summed E-state index contributed by atoms with van der Waals surface area (Å²) in [5.41, 5.74) is -0.545. The number of rotatable bonds is 5. The lowest BCUT2D eigenvalue weighted by molar-refractivity contribution is -0.384. The van der Waals surface area contributed by atoms with Gasteiger partial charge in [-0.15, -0.1) is 0 Å². The average molecular weight is 321 g/mol. The highest BCUT2D eigenvalue weighted by molar-refractivity contribution is 5.97. The van der Waals surface area contributed by atoms with Crippen molar-refractivity contribution in [3.05, 3.63) is 34.1 Å². The molecule has 1 atom stereocenters. The first-order valence-electron chi connectivity index (χ1n) is 7.46. The van der Waals surface area contributed by atoms with Gasteiger partial charge < -0.3 is 10.2 Å². The molecule has 0 bridgehead atoms. The Hall–Kier alpha value is -2.51. The molecule has 2 fully saturated rings. The third kappa shape index (κ3) is 3.46. The normalized spacial score (nSPS) is 20.7. The number of carbonyl (C=O) groups is 2. The van der Waals surface area contributed by atoms with E-state index in [1.54, 1.807) is 4.90 Å². The van der Waals surface area contributed by atoms with Crippen LogP contribution in [0.3, 0.4) is 0 Å². The van der Waals surface area contributed by atoms with Crippen molar-refractivity contribution in [2.45, 2.75) is 19.3 Å². The van der Waals surface area contributed by atoms with Gasteiger partial charge in [0.2, 0.25) is 11.8 Å². The summed E-state index contributed by atoms with van der Waals surface area (Å²) in [6.07, 6.45) is 2.31. The summed E-state index contributed by atoms with van der Waals surface area (Å²) in [4.78, 5) is 35.8. The maximum atomic E-state index is 13.7. The third-order valence-electron chi connectivity index (χ3n) is 4.18. The zero-order chi connectivity index (χ0) is 16.6. The van der Waals surface area contributed by atoms with E-state index in [-0.39, 0.29) is 23.7 Å². The molecule has 2 aliphatic rings. The second-order valence-corrected chi connectivity index (χ2v) is 6.05. The molecule has 7 nitrogen and oxygen atoms in total. The zero-order valence-corrected chi connectivity index (χ0v) is 12.3. The van der Waals surface area contributed by atoms with Crippen molar-refractivity contribution in [3.8, 4) is 0 Å². The molecule has 2 amide bonds. The Morgan fingerprint density at radius 2 is 2.17 bits per heavy atom. The van der Waals surface area contributed by atoms with Crippen LogP contribution in [0.25, 0.3) is 0 Å². The van der Waals surface area contributed by atoms with Gasteiger partial charge in [-0.2, -0.15) is 0 Å². The molecule has 1 aliphatic carbocycles. The standard InChI is InChI=1S/C15H16FN3O4/c16-12-4-3-11(19(22)23)6-13(12)17-15(21)10-5-14(20)18(8-10)7-9-1-2-9/h3-4,6,9-10H,1-2,5,7-8H2,(H,17,21)/t10-/m1/s1. The fourth-order valence-electron chi connectivity index (χ4n) is 2.69. The minimum absolute atomic E-state index is 0.0726. The molecular formula is C15H16FN3O4. The van der Waals surface area contributed by atoms with Crippen molar-refractivity contribution < 1.29 is 18.9 Å². The number of benzene rings is 1. The molecule has 1 aromatic carbocycles. The average Bonchev–Trinajstić information content (AvgIpc) is 3.24. The number of halogens is 1.